The van der Waals surface area contributed by atoms with Gasteiger partial charge in [0.15, 0.2) is 0 Å². The molecule has 1 rings (SSSR count). The minimum absolute atomic E-state index is 0.189. The molecule has 1 aromatic rings. The third kappa shape index (κ3) is 3.44. The fourth-order valence-electron chi connectivity index (χ4n) is 1.03. The number of aromatic nitrogens is 3. The first-order valence-corrected chi connectivity index (χ1v) is 5.40. The molecule has 0 saturated carbocycles. The molecule has 1 amide bonds. The Kier molecular flexibility index (Phi) is 4.24. The van der Waals surface area contributed by atoms with Crippen LogP contribution in [0.3, 0.4) is 0 Å². The van der Waals surface area contributed by atoms with Gasteiger partial charge in [-0.05, 0) is 13.8 Å². The van der Waals surface area contributed by atoms with Gasteiger partial charge in [-0.15, -0.1) is 0 Å². The maximum absolute atomic E-state index is 11.2. The zero-order valence-corrected chi connectivity index (χ0v) is 10.9. The molecule has 0 aliphatic heterocycles. The fraction of sp³-hybridized carbons (Fsp3) is 0.600. The van der Waals surface area contributed by atoms with Crippen LogP contribution >= 0.6 is 0 Å². The second-order valence-electron chi connectivity index (χ2n) is 4.32. The molecular weight excluding hydrogens is 236 g/mol. The second-order valence-corrected chi connectivity index (χ2v) is 4.32. The van der Waals surface area contributed by atoms with Gasteiger partial charge in [0, 0.05) is 13.6 Å². The largest absolute Gasteiger partial charge is 0.467 e. The van der Waals surface area contributed by atoms with E-state index in [0.29, 0.717) is 18.4 Å². The highest BCUT2D eigenvalue weighted by molar-refractivity contribution is 5.80. The first kappa shape index (κ1) is 13.9. The minimum atomic E-state index is -0.695. The lowest BCUT2D eigenvalue weighted by Crippen LogP contribution is -2.37. The molecule has 0 aliphatic rings. The molecule has 0 radical (unpaired) electrons. The van der Waals surface area contributed by atoms with Crippen molar-refractivity contribution in [3.8, 4) is 6.01 Å². The van der Waals surface area contributed by atoms with Gasteiger partial charge in [0.05, 0.1) is 12.5 Å². The molecule has 1 heterocycles. The minimum Gasteiger partial charge on any atom is -0.467 e. The zero-order chi connectivity index (χ0) is 13.8. The van der Waals surface area contributed by atoms with E-state index in [2.05, 4.69) is 25.6 Å². The van der Waals surface area contributed by atoms with Crippen LogP contribution in [-0.2, 0) is 4.79 Å². The van der Waals surface area contributed by atoms with Crippen molar-refractivity contribution in [2.45, 2.75) is 13.8 Å². The van der Waals surface area contributed by atoms with Crippen LogP contribution in [0.2, 0.25) is 0 Å². The topological polar surface area (TPSA) is 115 Å². The van der Waals surface area contributed by atoms with Gasteiger partial charge < -0.3 is 21.1 Å². The van der Waals surface area contributed by atoms with Crippen LogP contribution in [0, 0.1) is 5.41 Å². The summed E-state index contributed by atoms with van der Waals surface area (Å²) >= 11 is 0. The molecule has 0 fully saturated rings. The molecule has 0 aromatic carbocycles. The molecule has 0 atom stereocenters. The van der Waals surface area contributed by atoms with E-state index in [0.717, 1.165) is 0 Å². The smallest absolute Gasteiger partial charge is 0.322 e. The number of hydrogen-bond donors (Lipinski definition) is 3. The van der Waals surface area contributed by atoms with Crippen molar-refractivity contribution in [2.75, 3.05) is 31.3 Å². The van der Waals surface area contributed by atoms with Gasteiger partial charge in [0.25, 0.3) is 0 Å². The maximum Gasteiger partial charge on any atom is 0.322 e. The first-order valence-electron chi connectivity index (χ1n) is 5.40. The van der Waals surface area contributed by atoms with Crippen molar-refractivity contribution in [1.29, 1.82) is 0 Å². The molecule has 8 nitrogen and oxygen atoms in total. The number of primary amides is 1. The number of carbonyl (C=O) groups is 1. The van der Waals surface area contributed by atoms with Crippen molar-refractivity contribution in [3.63, 3.8) is 0 Å². The molecule has 0 aliphatic carbocycles. The number of carbonyl (C=O) groups excluding carboxylic acids is 1. The maximum atomic E-state index is 11.2. The number of methoxy groups -OCH3 is 1. The predicted octanol–water partition coefficient (Wildman–Crippen LogP) is -0.155. The molecule has 0 spiro atoms. The van der Waals surface area contributed by atoms with Crippen molar-refractivity contribution < 1.29 is 9.53 Å². The van der Waals surface area contributed by atoms with Gasteiger partial charge in [-0.25, -0.2) is 0 Å². The highest BCUT2D eigenvalue weighted by atomic mass is 16.5. The van der Waals surface area contributed by atoms with E-state index in [4.69, 9.17) is 10.5 Å². The van der Waals surface area contributed by atoms with Crippen molar-refractivity contribution in [1.82, 2.24) is 15.0 Å². The number of nitrogens with zero attached hydrogens (tertiary/aromatic N) is 3. The van der Waals surface area contributed by atoms with E-state index < -0.39 is 11.3 Å². The Hall–Kier alpha value is -2.12. The van der Waals surface area contributed by atoms with Crippen LogP contribution in [0.25, 0.3) is 0 Å². The summed E-state index contributed by atoms with van der Waals surface area (Å²) in [4.78, 5) is 23.2. The average molecular weight is 254 g/mol. The van der Waals surface area contributed by atoms with Crippen molar-refractivity contribution in [3.05, 3.63) is 0 Å². The summed E-state index contributed by atoms with van der Waals surface area (Å²) in [6.07, 6.45) is 0. The third-order valence-corrected chi connectivity index (χ3v) is 2.38. The highest BCUT2D eigenvalue weighted by Crippen LogP contribution is 2.16. The van der Waals surface area contributed by atoms with Crippen molar-refractivity contribution >= 4 is 17.8 Å². The Labute approximate surface area is 105 Å². The molecule has 0 bridgehead atoms. The molecular formula is C10H18N6O2. The monoisotopic (exact) mass is 254 g/mol. The van der Waals surface area contributed by atoms with Gasteiger partial charge in [0.2, 0.25) is 17.8 Å². The number of nitrogens with two attached hydrogens (primary N) is 1. The number of amides is 1. The lowest BCUT2D eigenvalue weighted by molar-refractivity contribution is -0.125. The molecule has 0 saturated heterocycles. The molecule has 0 unspecified atom stereocenters. The highest BCUT2D eigenvalue weighted by Gasteiger charge is 2.25. The summed E-state index contributed by atoms with van der Waals surface area (Å²) in [5, 5.41) is 5.72. The van der Waals surface area contributed by atoms with Gasteiger partial charge in [-0.2, -0.15) is 15.0 Å². The number of nitrogens with one attached hydrogen (secondary N) is 2. The summed E-state index contributed by atoms with van der Waals surface area (Å²) in [6, 6.07) is 0.189. The van der Waals surface area contributed by atoms with Crippen LogP contribution in [0.15, 0.2) is 0 Å². The van der Waals surface area contributed by atoms with E-state index in [9.17, 15) is 4.79 Å². The Balaban J connectivity index is 2.81. The molecule has 1 aromatic heterocycles. The van der Waals surface area contributed by atoms with Crippen LogP contribution in [-0.4, -0.2) is 41.6 Å². The van der Waals surface area contributed by atoms with E-state index in [1.165, 1.54) is 7.11 Å². The predicted molar refractivity (Wildman–Crippen MR) is 67.4 cm³/mol. The second kappa shape index (κ2) is 5.48. The van der Waals surface area contributed by atoms with E-state index in [1.807, 2.05) is 0 Å². The Morgan fingerprint density at radius 1 is 1.33 bits per heavy atom. The van der Waals surface area contributed by atoms with Crippen LogP contribution in [0.1, 0.15) is 13.8 Å². The molecule has 18 heavy (non-hydrogen) atoms. The Bertz CT molecular complexity index is 412. The van der Waals surface area contributed by atoms with Gasteiger partial charge >= 0.3 is 6.01 Å². The van der Waals surface area contributed by atoms with E-state index >= 15 is 0 Å². The van der Waals surface area contributed by atoms with Gasteiger partial charge in [-0.1, -0.05) is 0 Å². The molecule has 8 heteroatoms. The summed E-state index contributed by atoms with van der Waals surface area (Å²) in [7, 11) is 3.15. The average Bonchev–Trinajstić information content (AvgIpc) is 2.35. The third-order valence-electron chi connectivity index (χ3n) is 2.38. The number of ether oxygens (including phenoxy) is 1. The van der Waals surface area contributed by atoms with Crippen LogP contribution in [0.4, 0.5) is 11.9 Å². The zero-order valence-electron chi connectivity index (χ0n) is 10.9. The first-order chi connectivity index (χ1) is 8.39. The Morgan fingerprint density at radius 3 is 2.44 bits per heavy atom. The standard InChI is InChI=1S/C10H18N6O2/c1-10(2,6(11)17)5-13-8-14-7(12-3)15-9(16-8)18-4/h5H2,1-4H3,(H2,11,17)(H2,12,13,14,15,16). The quantitative estimate of drug-likeness (QED) is 0.646. The van der Waals surface area contributed by atoms with Crippen LogP contribution in [0.5, 0.6) is 6.01 Å². The van der Waals surface area contributed by atoms with Gasteiger partial charge in [0.1, 0.15) is 0 Å². The lowest BCUT2D eigenvalue weighted by Gasteiger charge is -2.20. The number of rotatable bonds is 6. The summed E-state index contributed by atoms with van der Waals surface area (Å²) in [5.41, 5.74) is 4.58. The number of hydrogen-bond acceptors (Lipinski definition) is 7. The van der Waals surface area contributed by atoms with E-state index in [-0.39, 0.29) is 6.01 Å². The number of anilines is 2. The van der Waals surface area contributed by atoms with E-state index in [1.54, 1.807) is 20.9 Å². The van der Waals surface area contributed by atoms with Gasteiger partial charge in [-0.3, -0.25) is 4.79 Å². The van der Waals surface area contributed by atoms with Crippen molar-refractivity contribution in [2.24, 2.45) is 11.1 Å². The molecule has 4 N–H and O–H groups in total. The summed E-state index contributed by atoms with van der Waals surface area (Å²) in [5.74, 6) is 0.298. The lowest BCUT2D eigenvalue weighted by atomic mass is 9.93. The Morgan fingerprint density at radius 2 is 1.94 bits per heavy atom. The fourth-order valence-corrected chi connectivity index (χ4v) is 1.03. The van der Waals surface area contributed by atoms with Crippen LogP contribution < -0.4 is 21.1 Å². The normalized spacial score (nSPS) is 10.9. The summed E-state index contributed by atoms with van der Waals surface area (Å²) in [6.45, 7) is 3.79. The summed E-state index contributed by atoms with van der Waals surface area (Å²) < 4.78 is 4.94. The SMILES string of the molecule is CNc1nc(NCC(C)(C)C(N)=O)nc(OC)n1. The molecule has 100 valence electrons.